The van der Waals surface area contributed by atoms with Crippen molar-refractivity contribution in [3.63, 3.8) is 0 Å². The van der Waals surface area contributed by atoms with Gasteiger partial charge in [-0.15, -0.1) is 0 Å². The fourth-order valence-corrected chi connectivity index (χ4v) is 5.50. The third-order valence-corrected chi connectivity index (χ3v) is 7.45. The van der Waals surface area contributed by atoms with Gasteiger partial charge in [0, 0.05) is 0 Å². The SMILES string of the molecule is CCCCCCCCCc1cc(S(=O)(=O)[O-])c(CCCCCCCCC)c2ccccc12.[Na+]. The summed E-state index contributed by atoms with van der Waals surface area (Å²) < 4.78 is 36.5. The largest absolute Gasteiger partial charge is 1.00 e. The molecule has 0 heterocycles. The molecule has 0 aliphatic heterocycles. The van der Waals surface area contributed by atoms with Crippen molar-refractivity contribution in [2.45, 2.75) is 121 Å². The summed E-state index contributed by atoms with van der Waals surface area (Å²) in [6.45, 7) is 4.44. The van der Waals surface area contributed by atoms with Crippen LogP contribution in [-0.4, -0.2) is 13.0 Å². The number of hydrogen-bond donors (Lipinski definition) is 0. The van der Waals surface area contributed by atoms with Crippen molar-refractivity contribution in [3.05, 3.63) is 41.5 Å². The first-order valence-electron chi connectivity index (χ1n) is 13.0. The van der Waals surface area contributed by atoms with Crippen molar-refractivity contribution in [1.29, 1.82) is 0 Å². The van der Waals surface area contributed by atoms with Crippen LogP contribution in [0.3, 0.4) is 0 Å². The Kier molecular flexibility index (Phi) is 15.9. The minimum atomic E-state index is -4.50. The molecular weight excluding hydrogens is 439 g/mol. The number of unbranched alkanes of at least 4 members (excludes halogenated alkanes) is 12. The van der Waals surface area contributed by atoms with Crippen LogP contribution in [0.5, 0.6) is 0 Å². The molecule has 0 aliphatic carbocycles. The third kappa shape index (κ3) is 10.8. The Hall–Kier alpha value is -0.390. The smallest absolute Gasteiger partial charge is 0.744 e. The molecule has 0 aliphatic rings. The molecule has 3 nitrogen and oxygen atoms in total. The van der Waals surface area contributed by atoms with Crippen LogP contribution in [0.1, 0.15) is 115 Å². The second-order valence-electron chi connectivity index (χ2n) is 9.25. The minimum absolute atomic E-state index is 0. The molecule has 0 radical (unpaired) electrons. The number of aryl methyl sites for hydroxylation is 2. The van der Waals surface area contributed by atoms with E-state index in [1.54, 1.807) is 6.07 Å². The molecular formula is C28H43NaO3S. The Labute approximate surface area is 225 Å². The van der Waals surface area contributed by atoms with Crippen LogP contribution in [0.4, 0.5) is 0 Å². The molecule has 0 bridgehead atoms. The van der Waals surface area contributed by atoms with Crippen LogP contribution in [0.2, 0.25) is 0 Å². The van der Waals surface area contributed by atoms with E-state index in [0.29, 0.717) is 6.42 Å². The Morgan fingerprint density at radius 3 is 1.64 bits per heavy atom. The predicted octanol–water partition coefficient (Wildman–Crippen LogP) is 5.33. The summed E-state index contributed by atoms with van der Waals surface area (Å²) in [5.74, 6) is 0. The summed E-state index contributed by atoms with van der Waals surface area (Å²) >= 11 is 0. The molecule has 0 saturated heterocycles. The van der Waals surface area contributed by atoms with Gasteiger partial charge >= 0.3 is 29.6 Å². The van der Waals surface area contributed by atoms with Gasteiger partial charge in [0.05, 0.1) is 4.90 Å². The fraction of sp³-hybridized carbons (Fsp3) is 0.643. The van der Waals surface area contributed by atoms with Crippen molar-refractivity contribution < 1.29 is 42.5 Å². The van der Waals surface area contributed by atoms with Crippen LogP contribution in [0.25, 0.3) is 10.8 Å². The van der Waals surface area contributed by atoms with Crippen molar-refractivity contribution in [3.8, 4) is 0 Å². The average molecular weight is 483 g/mol. The van der Waals surface area contributed by atoms with Crippen molar-refractivity contribution in [2.75, 3.05) is 0 Å². The van der Waals surface area contributed by atoms with Crippen molar-refractivity contribution >= 4 is 20.9 Å². The Morgan fingerprint density at radius 1 is 0.667 bits per heavy atom. The van der Waals surface area contributed by atoms with Gasteiger partial charge in [0.1, 0.15) is 10.1 Å². The predicted molar refractivity (Wildman–Crippen MR) is 135 cm³/mol. The summed E-state index contributed by atoms with van der Waals surface area (Å²) in [6.07, 6.45) is 18.2. The van der Waals surface area contributed by atoms with Crippen LogP contribution >= 0.6 is 0 Å². The van der Waals surface area contributed by atoms with E-state index in [2.05, 4.69) is 19.9 Å². The molecule has 0 fully saturated rings. The molecule has 2 aromatic rings. The summed E-state index contributed by atoms with van der Waals surface area (Å²) in [4.78, 5) is 0.0140. The van der Waals surface area contributed by atoms with Gasteiger partial charge in [0.15, 0.2) is 0 Å². The van der Waals surface area contributed by atoms with Gasteiger partial charge in [-0.25, -0.2) is 8.42 Å². The van der Waals surface area contributed by atoms with E-state index in [1.807, 2.05) is 18.2 Å². The zero-order valence-corrected chi connectivity index (χ0v) is 24.1. The summed E-state index contributed by atoms with van der Waals surface area (Å²) in [6, 6.07) is 9.74. The number of fused-ring (bicyclic) bond motifs is 1. The van der Waals surface area contributed by atoms with E-state index in [0.717, 1.165) is 54.0 Å². The quantitative estimate of drug-likeness (QED) is 0.174. The molecule has 33 heavy (non-hydrogen) atoms. The van der Waals surface area contributed by atoms with Gasteiger partial charge in [-0.1, -0.05) is 115 Å². The third-order valence-electron chi connectivity index (χ3n) is 6.55. The molecule has 0 N–H and O–H groups in total. The van der Waals surface area contributed by atoms with E-state index in [-0.39, 0.29) is 34.5 Å². The van der Waals surface area contributed by atoms with Gasteiger partial charge in [-0.05, 0) is 53.6 Å². The number of benzene rings is 2. The second kappa shape index (κ2) is 17.1. The number of hydrogen-bond acceptors (Lipinski definition) is 3. The van der Waals surface area contributed by atoms with E-state index >= 15 is 0 Å². The second-order valence-corrected chi connectivity index (χ2v) is 10.6. The first kappa shape index (κ1) is 30.6. The van der Waals surface area contributed by atoms with Crippen molar-refractivity contribution in [1.82, 2.24) is 0 Å². The molecule has 5 heteroatoms. The van der Waals surface area contributed by atoms with E-state index < -0.39 is 10.1 Å². The Bertz CT molecular complexity index is 909. The zero-order valence-electron chi connectivity index (χ0n) is 21.3. The standard InChI is InChI=1S/C28H44O3S.Na/c1-3-5-7-9-11-13-15-19-24-23-28(32(29,30)31)27(26-21-18-17-20-25(24)26)22-16-14-12-10-8-6-4-2;/h17-18,20-21,23H,3-16,19,22H2,1-2H3,(H,29,30,31);/q;+1/p-1. The monoisotopic (exact) mass is 482 g/mol. The maximum absolute atomic E-state index is 12.2. The van der Waals surface area contributed by atoms with E-state index in [4.69, 9.17) is 0 Å². The normalized spacial score (nSPS) is 11.6. The fourth-order valence-electron chi connectivity index (χ4n) is 4.70. The van der Waals surface area contributed by atoms with Gasteiger partial charge in [-0.3, -0.25) is 0 Å². The molecule has 180 valence electrons. The topological polar surface area (TPSA) is 57.2 Å². The Balaban J connectivity index is 0.00000544. The van der Waals surface area contributed by atoms with E-state index in [9.17, 15) is 13.0 Å². The van der Waals surface area contributed by atoms with Gasteiger partial charge in [0.2, 0.25) is 0 Å². The molecule has 0 amide bonds. The molecule has 0 atom stereocenters. The molecule has 2 aromatic carbocycles. The van der Waals surface area contributed by atoms with Gasteiger partial charge < -0.3 is 4.55 Å². The molecule has 0 saturated carbocycles. The van der Waals surface area contributed by atoms with Gasteiger partial charge in [-0.2, -0.15) is 0 Å². The minimum Gasteiger partial charge on any atom is -0.744 e. The molecule has 2 rings (SSSR count). The van der Waals surface area contributed by atoms with Crippen molar-refractivity contribution in [2.24, 2.45) is 0 Å². The zero-order chi connectivity index (χ0) is 23.2. The maximum Gasteiger partial charge on any atom is 1.00 e. The number of rotatable bonds is 17. The van der Waals surface area contributed by atoms with Crippen LogP contribution in [0, 0.1) is 0 Å². The molecule has 0 unspecified atom stereocenters. The van der Waals surface area contributed by atoms with Crippen LogP contribution < -0.4 is 29.6 Å². The summed E-state index contributed by atoms with van der Waals surface area (Å²) in [5, 5.41) is 2.07. The Morgan fingerprint density at radius 2 is 1.12 bits per heavy atom. The van der Waals surface area contributed by atoms with E-state index in [1.165, 1.54) is 64.2 Å². The van der Waals surface area contributed by atoms with Crippen LogP contribution in [-0.2, 0) is 23.0 Å². The molecule has 0 aromatic heterocycles. The van der Waals surface area contributed by atoms with Crippen LogP contribution in [0.15, 0.2) is 35.2 Å². The maximum atomic E-state index is 12.2. The molecule has 0 spiro atoms. The first-order valence-corrected chi connectivity index (χ1v) is 14.4. The summed E-state index contributed by atoms with van der Waals surface area (Å²) in [5.41, 5.74) is 1.74. The first-order chi connectivity index (χ1) is 15.5. The van der Waals surface area contributed by atoms with Gasteiger partial charge in [0.25, 0.3) is 0 Å². The average Bonchev–Trinajstić information content (AvgIpc) is 2.77. The summed E-state index contributed by atoms with van der Waals surface area (Å²) in [7, 11) is -4.50.